The van der Waals surface area contributed by atoms with Gasteiger partial charge in [0.1, 0.15) is 17.4 Å². The average Bonchev–Trinajstić information content (AvgIpc) is 2.98. The number of hydrogen-bond acceptors (Lipinski definition) is 6. The standard InChI is InChI=1S/C30H34Cl2FN5O2/c1-40-25-5-2-21(3-6-25)20-36-10-8-24(9-11-36)37-12-14-38(15-13-37)29-27(32)17-23(19-34-29)30(39)35-18-22-4-7-28(33)26(31)16-22/h2-7,16-17,19,24H,8-15,18,20H2,1H3,(H,35,39). The van der Waals surface area contributed by atoms with Gasteiger partial charge >= 0.3 is 0 Å². The molecule has 0 atom stereocenters. The van der Waals surface area contributed by atoms with Gasteiger partial charge in [-0.2, -0.15) is 0 Å². The van der Waals surface area contributed by atoms with E-state index in [-0.39, 0.29) is 17.5 Å². The molecule has 2 aliphatic rings. The van der Waals surface area contributed by atoms with Crippen LogP contribution in [0.15, 0.2) is 54.7 Å². The smallest absolute Gasteiger partial charge is 0.253 e. The van der Waals surface area contributed by atoms with Crippen LogP contribution in [0.4, 0.5) is 10.2 Å². The SMILES string of the molecule is COc1ccc(CN2CCC(N3CCN(c4ncc(C(=O)NCc5ccc(F)c(Cl)c5)cc4Cl)CC3)CC2)cc1. The predicted molar refractivity (Wildman–Crippen MR) is 157 cm³/mol. The van der Waals surface area contributed by atoms with Crippen molar-refractivity contribution in [2.75, 3.05) is 51.3 Å². The minimum atomic E-state index is -0.490. The zero-order valence-corrected chi connectivity index (χ0v) is 24.1. The van der Waals surface area contributed by atoms with Gasteiger partial charge in [-0.25, -0.2) is 9.37 Å². The summed E-state index contributed by atoms with van der Waals surface area (Å²) in [5, 5.41) is 3.28. The molecule has 3 heterocycles. The van der Waals surface area contributed by atoms with Crippen molar-refractivity contribution in [3.8, 4) is 5.75 Å². The molecule has 2 saturated heterocycles. The number of nitrogens with one attached hydrogen (secondary N) is 1. The molecular formula is C30H34Cl2FN5O2. The van der Waals surface area contributed by atoms with Gasteiger partial charge in [0.2, 0.25) is 0 Å². The van der Waals surface area contributed by atoms with Crippen LogP contribution in [0.3, 0.4) is 0 Å². The maximum Gasteiger partial charge on any atom is 0.253 e. The van der Waals surface area contributed by atoms with Crippen LogP contribution in [-0.2, 0) is 13.1 Å². The second-order valence-electron chi connectivity index (χ2n) is 10.3. The van der Waals surface area contributed by atoms with E-state index in [1.807, 2.05) is 12.1 Å². The van der Waals surface area contributed by atoms with E-state index in [0.717, 1.165) is 51.6 Å². The molecule has 5 rings (SSSR count). The summed E-state index contributed by atoms with van der Waals surface area (Å²) < 4.78 is 18.6. The van der Waals surface area contributed by atoms with Crippen LogP contribution in [0.5, 0.6) is 5.75 Å². The van der Waals surface area contributed by atoms with Crippen LogP contribution in [0.2, 0.25) is 10.0 Å². The number of amides is 1. The van der Waals surface area contributed by atoms with E-state index < -0.39 is 5.82 Å². The fourth-order valence-corrected chi connectivity index (χ4v) is 5.94. The summed E-state index contributed by atoms with van der Waals surface area (Å²) in [5.41, 5.74) is 2.40. The quantitative estimate of drug-likeness (QED) is 0.389. The Balaban J connectivity index is 1.08. The first-order valence-corrected chi connectivity index (χ1v) is 14.4. The Morgan fingerprint density at radius 1 is 0.975 bits per heavy atom. The largest absolute Gasteiger partial charge is 0.497 e. The molecule has 3 aromatic rings. The molecule has 10 heteroatoms. The van der Waals surface area contributed by atoms with Gasteiger partial charge in [0.25, 0.3) is 5.91 Å². The Morgan fingerprint density at radius 3 is 2.33 bits per heavy atom. The van der Waals surface area contributed by atoms with Crippen LogP contribution >= 0.6 is 23.2 Å². The fourth-order valence-electron chi connectivity index (χ4n) is 5.45. The Kier molecular flexibility index (Phi) is 9.42. The topological polar surface area (TPSA) is 60.9 Å². The Labute approximate surface area is 244 Å². The first-order chi connectivity index (χ1) is 19.4. The van der Waals surface area contributed by atoms with Crippen LogP contribution < -0.4 is 15.0 Å². The number of pyridine rings is 1. The number of piperidine rings is 1. The highest BCUT2D eigenvalue weighted by molar-refractivity contribution is 6.33. The van der Waals surface area contributed by atoms with E-state index in [2.05, 4.69) is 37.1 Å². The van der Waals surface area contributed by atoms with E-state index in [0.29, 0.717) is 28.0 Å². The average molecular weight is 587 g/mol. The highest BCUT2D eigenvalue weighted by Crippen LogP contribution is 2.27. The molecule has 7 nitrogen and oxygen atoms in total. The van der Waals surface area contributed by atoms with Gasteiger partial charge in [-0.05, 0) is 67.4 Å². The zero-order chi connectivity index (χ0) is 28.1. The van der Waals surface area contributed by atoms with Gasteiger partial charge in [0.15, 0.2) is 0 Å². The minimum Gasteiger partial charge on any atom is -0.497 e. The van der Waals surface area contributed by atoms with Crippen molar-refractivity contribution in [3.63, 3.8) is 0 Å². The van der Waals surface area contributed by atoms with E-state index in [1.165, 1.54) is 30.5 Å². The van der Waals surface area contributed by atoms with Gasteiger partial charge in [-0.15, -0.1) is 0 Å². The number of aromatic nitrogens is 1. The molecular weight excluding hydrogens is 552 g/mol. The number of carbonyl (C=O) groups excluding carboxylic acids is 1. The number of hydrogen-bond donors (Lipinski definition) is 1. The highest BCUT2D eigenvalue weighted by atomic mass is 35.5. The summed E-state index contributed by atoms with van der Waals surface area (Å²) in [4.78, 5) is 24.5. The first kappa shape index (κ1) is 28.6. The number of piperazine rings is 1. The number of benzene rings is 2. The summed E-state index contributed by atoms with van der Waals surface area (Å²) in [6.45, 7) is 7.01. The normalized spacial score (nSPS) is 17.1. The summed E-state index contributed by atoms with van der Waals surface area (Å²) in [6.07, 6.45) is 3.89. The minimum absolute atomic E-state index is 0.0242. The van der Waals surface area contributed by atoms with Gasteiger partial charge in [0, 0.05) is 51.5 Å². The Morgan fingerprint density at radius 2 is 1.68 bits per heavy atom. The Hall–Kier alpha value is -2.91. The number of ether oxygens (including phenoxy) is 1. The second-order valence-corrected chi connectivity index (χ2v) is 11.2. The summed E-state index contributed by atoms with van der Waals surface area (Å²) in [7, 11) is 1.69. The molecule has 0 bridgehead atoms. The number of likely N-dealkylation sites (tertiary alicyclic amines) is 1. The molecule has 1 amide bonds. The van der Waals surface area contributed by atoms with Crippen molar-refractivity contribution >= 4 is 34.9 Å². The van der Waals surface area contributed by atoms with Crippen LogP contribution in [-0.4, -0.2) is 73.1 Å². The highest BCUT2D eigenvalue weighted by Gasteiger charge is 2.28. The van der Waals surface area contributed by atoms with Crippen molar-refractivity contribution in [2.24, 2.45) is 0 Å². The summed E-state index contributed by atoms with van der Waals surface area (Å²) >= 11 is 12.4. The number of nitrogens with zero attached hydrogens (tertiary/aromatic N) is 4. The zero-order valence-electron chi connectivity index (χ0n) is 22.6. The molecule has 0 radical (unpaired) electrons. The summed E-state index contributed by atoms with van der Waals surface area (Å²) in [6, 6.07) is 15.0. The van der Waals surface area contributed by atoms with Crippen molar-refractivity contribution in [1.82, 2.24) is 20.1 Å². The maximum absolute atomic E-state index is 13.4. The number of methoxy groups -OCH3 is 1. The van der Waals surface area contributed by atoms with Crippen LogP contribution in [0.25, 0.3) is 0 Å². The van der Waals surface area contributed by atoms with Gasteiger partial charge < -0.3 is 15.0 Å². The number of rotatable bonds is 8. The van der Waals surface area contributed by atoms with Gasteiger partial charge in [0.05, 0.1) is 22.7 Å². The molecule has 0 spiro atoms. The lowest BCUT2D eigenvalue weighted by molar-refractivity contribution is 0.0950. The van der Waals surface area contributed by atoms with Gasteiger partial charge in [-0.3, -0.25) is 14.6 Å². The molecule has 0 saturated carbocycles. The van der Waals surface area contributed by atoms with Crippen molar-refractivity contribution < 1.29 is 13.9 Å². The second kappa shape index (κ2) is 13.2. The lowest BCUT2D eigenvalue weighted by atomic mass is 10.0. The predicted octanol–water partition coefficient (Wildman–Crippen LogP) is 5.25. The van der Waals surface area contributed by atoms with Crippen LogP contribution in [0, 0.1) is 5.82 Å². The Bertz CT molecular complexity index is 1310. The van der Waals surface area contributed by atoms with Crippen molar-refractivity contribution in [3.05, 3.63) is 87.3 Å². The molecule has 2 aromatic carbocycles. The number of halogens is 3. The monoisotopic (exact) mass is 585 g/mol. The molecule has 40 heavy (non-hydrogen) atoms. The van der Waals surface area contributed by atoms with Crippen LogP contribution in [0.1, 0.15) is 34.3 Å². The third kappa shape index (κ3) is 7.04. The number of carbonyl (C=O) groups is 1. The molecule has 2 aliphatic heterocycles. The first-order valence-electron chi connectivity index (χ1n) is 13.6. The maximum atomic E-state index is 13.4. The molecule has 0 unspecified atom stereocenters. The molecule has 1 N–H and O–H groups in total. The van der Waals surface area contributed by atoms with E-state index in [4.69, 9.17) is 27.9 Å². The number of anilines is 1. The van der Waals surface area contributed by atoms with Crippen molar-refractivity contribution in [1.29, 1.82) is 0 Å². The molecule has 2 fully saturated rings. The van der Waals surface area contributed by atoms with E-state index in [9.17, 15) is 9.18 Å². The molecule has 212 valence electrons. The third-order valence-electron chi connectivity index (χ3n) is 7.77. The lowest BCUT2D eigenvalue weighted by Crippen LogP contribution is -2.53. The summed E-state index contributed by atoms with van der Waals surface area (Å²) in [5.74, 6) is 0.807. The third-order valence-corrected chi connectivity index (χ3v) is 8.34. The molecule has 0 aliphatic carbocycles. The van der Waals surface area contributed by atoms with E-state index in [1.54, 1.807) is 25.4 Å². The van der Waals surface area contributed by atoms with Crippen molar-refractivity contribution in [2.45, 2.75) is 32.0 Å². The lowest BCUT2D eigenvalue weighted by Gasteiger charge is -2.43. The fraction of sp³-hybridized carbons (Fsp3) is 0.400. The molecule has 1 aromatic heterocycles. The van der Waals surface area contributed by atoms with E-state index >= 15 is 0 Å². The van der Waals surface area contributed by atoms with Gasteiger partial charge in [-0.1, -0.05) is 41.4 Å².